The highest BCUT2D eigenvalue weighted by Crippen LogP contribution is 2.24. The molecule has 1 aromatic heterocycles. The molecule has 0 saturated carbocycles. The molecule has 7 N–H and O–H groups in total. The minimum absolute atomic E-state index is 0.00426. The number of nitro benzene ring substituents is 1. The summed E-state index contributed by atoms with van der Waals surface area (Å²) >= 11 is 0. The minimum Gasteiger partial charge on any atom is -0.478 e. The lowest BCUT2D eigenvalue weighted by atomic mass is 10.1. The van der Waals surface area contributed by atoms with Crippen molar-refractivity contribution in [1.82, 2.24) is 20.2 Å². The second-order valence-corrected chi connectivity index (χ2v) is 14.7. The van der Waals surface area contributed by atoms with E-state index >= 15 is 0 Å². The van der Waals surface area contributed by atoms with E-state index in [0.717, 1.165) is 36.4 Å². The van der Waals surface area contributed by atoms with E-state index < -0.39 is 88.8 Å². The number of halogens is 4. The number of nitrogens with two attached hydrogens (primary N) is 1. The number of benzene rings is 5. The molecule has 1 heterocycles. The molecule has 0 spiro atoms. The summed E-state index contributed by atoms with van der Waals surface area (Å²) in [6.07, 6.45) is -0.907. The molecule has 0 aliphatic rings. The fraction of sp³-hybridized carbons (Fsp3) is 0.152. The SMILES string of the molecule is CC(C)Nc1ncc(-c2cc(N)cc(C(=O)O)c2)n(CC(=O)NCc2ccc(C(=N)NC(=O)OCc3c(F)cccc3F)cc2)c1=O.O=C(OCc1c(F)cccc1F)Oc1ccc([N+](=O)[O-])cc1. The number of ether oxygens (including phenoxy) is 3. The third-order valence-electron chi connectivity index (χ3n) is 9.29. The molecule has 0 unspecified atom stereocenters. The molecule has 2 amide bonds. The second kappa shape index (κ2) is 23.3. The Morgan fingerprint density at radius 2 is 1.42 bits per heavy atom. The van der Waals surface area contributed by atoms with Gasteiger partial charge in [0.2, 0.25) is 5.91 Å². The van der Waals surface area contributed by atoms with E-state index in [1.54, 1.807) is 12.1 Å². The number of hydrogen-bond acceptors (Lipinski definition) is 14. The number of carboxylic acid groups (broad SMARTS) is 1. The fourth-order valence-electron chi connectivity index (χ4n) is 5.94. The molecule has 6 aromatic rings. The number of carbonyl (C=O) groups is 4. The van der Waals surface area contributed by atoms with E-state index in [0.29, 0.717) is 5.56 Å². The summed E-state index contributed by atoms with van der Waals surface area (Å²) in [5.74, 6) is -5.50. The maximum atomic E-state index is 13.7. The predicted octanol–water partition coefficient (Wildman–Crippen LogP) is 7.45. The lowest BCUT2D eigenvalue weighted by Crippen LogP contribution is -2.35. The van der Waals surface area contributed by atoms with Gasteiger partial charge in [-0.15, -0.1) is 0 Å². The Kier molecular flexibility index (Phi) is 17.2. The molecule has 0 saturated heterocycles. The zero-order chi connectivity index (χ0) is 50.4. The standard InChI is InChI=1S/C32H31F2N7O6.C14H9F2NO5/c1-17(2)39-29-30(43)41(26(14-38-29)20-10-21(31(44)45)12-22(35)11-20)15-27(42)37-13-18-6-8-19(9-7-18)28(36)40-32(46)47-16-23-24(33)4-3-5-25(23)34;15-12-2-1-3-13(16)11(12)8-21-14(18)22-10-6-4-9(5-7-10)17(19)20/h3-12,14,17H,13,15-16,35H2,1-2H3,(H,37,42)(H,38,39)(H,44,45)(H2,36,40,46);1-7H,8H2. The van der Waals surface area contributed by atoms with Gasteiger partial charge in [0.1, 0.15) is 54.6 Å². The van der Waals surface area contributed by atoms with Gasteiger partial charge in [0.15, 0.2) is 5.82 Å². The summed E-state index contributed by atoms with van der Waals surface area (Å²) < 4.78 is 69.4. The van der Waals surface area contributed by atoms with E-state index in [1.807, 2.05) is 13.8 Å². The molecule has 0 atom stereocenters. The van der Waals surface area contributed by atoms with Gasteiger partial charge in [-0.2, -0.15) is 0 Å². The Morgan fingerprint density at radius 3 is 1.97 bits per heavy atom. The summed E-state index contributed by atoms with van der Waals surface area (Å²) in [5, 5.41) is 35.9. The quantitative estimate of drug-likeness (QED) is 0.00853. The van der Waals surface area contributed by atoms with Crippen LogP contribution >= 0.6 is 0 Å². The molecule has 0 radical (unpaired) electrons. The Balaban J connectivity index is 0.000000336. The van der Waals surface area contributed by atoms with Crippen LogP contribution in [-0.4, -0.2) is 55.6 Å². The molecule has 5 aromatic carbocycles. The number of aromatic carboxylic acids is 1. The molecule has 0 bridgehead atoms. The summed E-state index contributed by atoms with van der Waals surface area (Å²) in [5.41, 5.74) is 5.73. The van der Waals surface area contributed by atoms with Crippen LogP contribution in [0.5, 0.6) is 5.75 Å². The zero-order valence-corrected chi connectivity index (χ0v) is 36.3. The van der Waals surface area contributed by atoms with Crippen molar-refractivity contribution in [3.63, 3.8) is 0 Å². The van der Waals surface area contributed by atoms with Crippen LogP contribution in [0.25, 0.3) is 11.3 Å². The van der Waals surface area contributed by atoms with Gasteiger partial charge in [0, 0.05) is 41.5 Å². The van der Waals surface area contributed by atoms with Gasteiger partial charge in [0.25, 0.3) is 11.2 Å². The van der Waals surface area contributed by atoms with Gasteiger partial charge in [-0.3, -0.25) is 35.0 Å². The van der Waals surface area contributed by atoms with Gasteiger partial charge in [0.05, 0.1) is 33.5 Å². The first-order chi connectivity index (χ1) is 32.8. The molecule has 19 nitrogen and oxygen atoms in total. The topological polar surface area (TPSA) is 280 Å². The van der Waals surface area contributed by atoms with Crippen molar-refractivity contribution in [3.8, 4) is 17.0 Å². The number of non-ortho nitro benzene ring substituents is 1. The fourth-order valence-corrected chi connectivity index (χ4v) is 5.94. The number of rotatable bonds is 15. The van der Waals surface area contributed by atoms with E-state index in [1.165, 1.54) is 65.4 Å². The van der Waals surface area contributed by atoms with Crippen LogP contribution in [0.1, 0.15) is 46.5 Å². The van der Waals surface area contributed by atoms with Crippen LogP contribution in [0.2, 0.25) is 0 Å². The van der Waals surface area contributed by atoms with E-state index in [2.05, 4.69) is 25.7 Å². The van der Waals surface area contributed by atoms with Crippen molar-refractivity contribution in [2.45, 2.75) is 46.2 Å². The van der Waals surface area contributed by atoms with Gasteiger partial charge in [-0.1, -0.05) is 36.4 Å². The highest BCUT2D eigenvalue weighted by atomic mass is 19.1. The maximum absolute atomic E-state index is 13.7. The molecule has 0 aliphatic heterocycles. The number of aromatic nitrogens is 2. The third-order valence-corrected chi connectivity index (χ3v) is 9.29. The number of anilines is 2. The molecule has 0 aliphatic carbocycles. The molecule has 0 fully saturated rings. The molecule has 6 rings (SSSR count). The zero-order valence-electron chi connectivity index (χ0n) is 36.3. The number of carbonyl (C=O) groups excluding carboxylic acids is 3. The molecule has 358 valence electrons. The third kappa shape index (κ3) is 14.4. The molecular formula is C46H40F4N8O11. The van der Waals surface area contributed by atoms with Crippen molar-refractivity contribution < 1.29 is 61.0 Å². The van der Waals surface area contributed by atoms with Crippen LogP contribution in [0.15, 0.2) is 114 Å². The van der Waals surface area contributed by atoms with Gasteiger partial charge in [-0.05, 0) is 74.0 Å². The summed E-state index contributed by atoms with van der Waals surface area (Å²) in [4.78, 5) is 75.5. The highest BCUT2D eigenvalue weighted by molar-refractivity contribution is 6.04. The van der Waals surface area contributed by atoms with Crippen molar-refractivity contribution >= 4 is 47.2 Å². The predicted molar refractivity (Wildman–Crippen MR) is 239 cm³/mol. The van der Waals surface area contributed by atoms with Crippen LogP contribution in [0.4, 0.5) is 44.3 Å². The average molecular weight is 957 g/mol. The number of nitro groups is 1. The number of nitrogen functional groups attached to an aromatic ring is 1. The van der Waals surface area contributed by atoms with Crippen molar-refractivity contribution in [1.29, 1.82) is 5.41 Å². The largest absolute Gasteiger partial charge is 0.514 e. The number of amidine groups is 1. The van der Waals surface area contributed by atoms with Crippen LogP contribution in [0.3, 0.4) is 0 Å². The van der Waals surface area contributed by atoms with Gasteiger partial charge >= 0.3 is 18.2 Å². The Labute approximate surface area is 388 Å². The monoisotopic (exact) mass is 956 g/mol. The number of carboxylic acids is 1. The van der Waals surface area contributed by atoms with Crippen LogP contribution < -0.4 is 32.0 Å². The number of amides is 2. The Hall–Kier alpha value is -9.15. The van der Waals surface area contributed by atoms with Crippen molar-refractivity contribution in [2.24, 2.45) is 0 Å². The minimum atomic E-state index is -1.22. The average Bonchev–Trinajstić information content (AvgIpc) is 3.29. The van der Waals surface area contributed by atoms with Crippen molar-refractivity contribution in [3.05, 3.63) is 181 Å². The van der Waals surface area contributed by atoms with Crippen molar-refractivity contribution in [2.75, 3.05) is 11.1 Å². The highest BCUT2D eigenvalue weighted by Gasteiger charge is 2.19. The Bertz CT molecular complexity index is 2910. The van der Waals surface area contributed by atoms with Gasteiger partial charge < -0.3 is 35.7 Å². The summed E-state index contributed by atoms with van der Waals surface area (Å²) in [6, 6.07) is 21.3. The van der Waals surface area contributed by atoms with Crippen LogP contribution in [-0.2, 0) is 40.6 Å². The number of hydrogen-bond donors (Lipinski definition) is 6. The number of nitrogens with one attached hydrogen (secondary N) is 4. The van der Waals surface area contributed by atoms with Gasteiger partial charge in [-0.25, -0.2) is 36.9 Å². The van der Waals surface area contributed by atoms with Crippen LogP contribution in [0, 0.1) is 38.8 Å². The van der Waals surface area contributed by atoms with E-state index in [-0.39, 0.29) is 63.7 Å². The number of nitrogens with zero attached hydrogens (tertiary/aromatic N) is 3. The molecule has 69 heavy (non-hydrogen) atoms. The number of alkyl carbamates (subject to hydrolysis) is 1. The van der Waals surface area contributed by atoms with E-state index in [9.17, 15) is 56.8 Å². The summed E-state index contributed by atoms with van der Waals surface area (Å²) in [7, 11) is 0. The molecule has 23 heteroatoms. The lowest BCUT2D eigenvalue weighted by molar-refractivity contribution is -0.384. The smallest absolute Gasteiger partial charge is 0.478 e. The normalized spacial score (nSPS) is 10.5. The Morgan fingerprint density at radius 1 is 0.841 bits per heavy atom. The first-order valence-electron chi connectivity index (χ1n) is 20.1. The van der Waals surface area contributed by atoms with E-state index in [4.69, 9.17) is 20.6 Å². The lowest BCUT2D eigenvalue weighted by Gasteiger charge is -2.17. The second-order valence-electron chi connectivity index (χ2n) is 14.7. The summed E-state index contributed by atoms with van der Waals surface area (Å²) in [6.45, 7) is 1.95. The first-order valence-corrected chi connectivity index (χ1v) is 20.1. The maximum Gasteiger partial charge on any atom is 0.514 e. The first kappa shape index (κ1) is 50.8. The molecular weight excluding hydrogens is 917 g/mol.